The van der Waals surface area contributed by atoms with Gasteiger partial charge in [0.25, 0.3) is 0 Å². The van der Waals surface area contributed by atoms with Crippen molar-refractivity contribution in [1.29, 1.82) is 0 Å². The number of piperidine rings is 1. The predicted octanol–water partition coefficient (Wildman–Crippen LogP) is 3.19. The topological polar surface area (TPSA) is 61.9 Å². The van der Waals surface area contributed by atoms with Gasteiger partial charge in [-0.2, -0.15) is 0 Å². The van der Waals surface area contributed by atoms with Gasteiger partial charge in [-0.05, 0) is 51.8 Å². The van der Waals surface area contributed by atoms with E-state index in [1.165, 1.54) is 19.2 Å². The Kier molecular flexibility index (Phi) is 7.45. The molecule has 2 rings (SSSR count). The summed E-state index contributed by atoms with van der Waals surface area (Å²) in [5.41, 5.74) is 0.595. The molecule has 1 fully saturated rings. The monoisotopic (exact) mass is 379 g/mol. The molecule has 0 aliphatic carbocycles. The first-order valence-electron chi connectivity index (χ1n) is 9.58. The maximum atomic E-state index is 13.6. The average molecular weight is 379 g/mol. The van der Waals surface area contributed by atoms with Gasteiger partial charge < -0.3 is 19.9 Å². The number of hydrogen-bond donors (Lipinski definition) is 1. The summed E-state index contributed by atoms with van der Waals surface area (Å²) in [6, 6.07) is 3.66. The summed E-state index contributed by atoms with van der Waals surface area (Å²) in [5.74, 6) is 0.322. The van der Waals surface area contributed by atoms with Crippen molar-refractivity contribution in [3.8, 4) is 5.75 Å². The van der Waals surface area contributed by atoms with E-state index in [4.69, 9.17) is 4.74 Å². The maximum absolute atomic E-state index is 13.6. The van der Waals surface area contributed by atoms with Crippen molar-refractivity contribution in [2.45, 2.75) is 39.7 Å². The second-order valence-electron chi connectivity index (χ2n) is 6.83. The molecular formula is C20H30FN3O3. The Morgan fingerprint density at radius 1 is 1.30 bits per heavy atom. The largest absolute Gasteiger partial charge is 0.496 e. The SMILES string of the molecule is CCN(CC)C(=O)C1CCN(C(=O)N[C@@H](C)c2cc(F)ccc2OC)CC1. The number of ether oxygens (including phenoxy) is 1. The van der Waals surface area contributed by atoms with E-state index < -0.39 is 6.04 Å². The van der Waals surface area contributed by atoms with Crippen molar-refractivity contribution in [2.24, 2.45) is 5.92 Å². The lowest BCUT2D eigenvalue weighted by molar-refractivity contribution is -0.136. The van der Waals surface area contributed by atoms with Crippen LogP contribution >= 0.6 is 0 Å². The normalized spacial score (nSPS) is 16.0. The lowest BCUT2D eigenvalue weighted by Gasteiger charge is -2.34. The quantitative estimate of drug-likeness (QED) is 0.826. The summed E-state index contributed by atoms with van der Waals surface area (Å²) in [7, 11) is 1.52. The van der Waals surface area contributed by atoms with Gasteiger partial charge >= 0.3 is 6.03 Å². The third-order valence-corrected chi connectivity index (χ3v) is 5.20. The molecule has 1 atom stereocenters. The Balaban J connectivity index is 1.93. The van der Waals surface area contributed by atoms with E-state index in [9.17, 15) is 14.0 Å². The highest BCUT2D eigenvalue weighted by molar-refractivity contribution is 5.80. The highest BCUT2D eigenvalue weighted by atomic mass is 19.1. The number of hydrogen-bond acceptors (Lipinski definition) is 3. The van der Waals surface area contributed by atoms with Gasteiger partial charge in [0, 0.05) is 37.7 Å². The van der Waals surface area contributed by atoms with Gasteiger partial charge in [-0.1, -0.05) is 0 Å². The van der Waals surface area contributed by atoms with Crippen molar-refractivity contribution in [3.05, 3.63) is 29.6 Å². The molecule has 0 spiro atoms. The van der Waals surface area contributed by atoms with Crippen molar-refractivity contribution in [1.82, 2.24) is 15.1 Å². The molecular weight excluding hydrogens is 349 g/mol. The summed E-state index contributed by atoms with van der Waals surface area (Å²) < 4.78 is 18.8. The maximum Gasteiger partial charge on any atom is 0.317 e. The summed E-state index contributed by atoms with van der Waals surface area (Å²) in [5, 5.41) is 2.90. The minimum Gasteiger partial charge on any atom is -0.496 e. The van der Waals surface area contributed by atoms with Crippen LogP contribution in [0.25, 0.3) is 0 Å². The highest BCUT2D eigenvalue weighted by Gasteiger charge is 2.30. The number of likely N-dealkylation sites (tertiary alicyclic amines) is 1. The number of nitrogens with one attached hydrogen (secondary N) is 1. The highest BCUT2D eigenvalue weighted by Crippen LogP contribution is 2.26. The zero-order valence-corrected chi connectivity index (χ0v) is 16.6. The minimum absolute atomic E-state index is 0.0188. The molecule has 1 N–H and O–H groups in total. The predicted molar refractivity (Wildman–Crippen MR) is 102 cm³/mol. The number of carbonyl (C=O) groups is 2. The molecule has 1 aromatic rings. The Bertz CT molecular complexity index is 656. The van der Waals surface area contributed by atoms with Crippen molar-refractivity contribution in [2.75, 3.05) is 33.3 Å². The molecule has 1 aliphatic rings. The summed E-state index contributed by atoms with van der Waals surface area (Å²) >= 11 is 0. The Morgan fingerprint density at radius 3 is 2.48 bits per heavy atom. The van der Waals surface area contributed by atoms with Crippen LogP contribution in [0.1, 0.15) is 45.2 Å². The molecule has 1 saturated heterocycles. The summed E-state index contributed by atoms with van der Waals surface area (Å²) in [6.45, 7) is 8.25. The number of benzene rings is 1. The van der Waals surface area contributed by atoms with Crippen LogP contribution < -0.4 is 10.1 Å². The van der Waals surface area contributed by atoms with Gasteiger partial charge in [-0.25, -0.2) is 9.18 Å². The Labute approximate surface area is 160 Å². The number of halogens is 1. The molecule has 150 valence electrons. The van der Waals surface area contributed by atoms with Crippen LogP contribution in [-0.4, -0.2) is 55.0 Å². The van der Waals surface area contributed by atoms with Crippen molar-refractivity contribution in [3.63, 3.8) is 0 Å². The molecule has 0 bridgehead atoms. The fourth-order valence-corrected chi connectivity index (χ4v) is 3.52. The average Bonchev–Trinajstić information content (AvgIpc) is 2.68. The van der Waals surface area contributed by atoms with Crippen LogP contribution in [0, 0.1) is 11.7 Å². The molecule has 0 saturated carbocycles. The molecule has 0 unspecified atom stereocenters. The van der Waals surface area contributed by atoms with Crippen LogP contribution in [0.5, 0.6) is 5.75 Å². The second kappa shape index (κ2) is 9.58. The standard InChI is InChI=1S/C20H30FN3O3/c1-5-23(6-2)19(25)15-9-11-24(12-10-15)20(26)22-14(3)17-13-16(21)7-8-18(17)27-4/h7-8,13-15H,5-6,9-12H2,1-4H3,(H,22,26)/t14-/m0/s1. The van der Waals surface area contributed by atoms with Gasteiger partial charge in [0.2, 0.25) is 5.91 Å². The number of urea groups is 1. The first-order valence-corrected chi connectivity index (χ1v) is 9.58. The van der Waals surface area contributed by atoms with Crippen LogP contribution in [0.15, 0.2) is 18.2 Å². The number of nitrogens with zero attached hydrogens (tertiary/aromatic N) is 2. The van der Waals surface area contributed by atoms with Gasteiger partial charge in [-0.3, -0.25) is 4.79 Å². The van der Waals surface area contributed by atoms with E-state index in [0.717, 1.165) is 0 Å². The van der Waals surface area contributed by atoms with Gasteiger partial charge in [0.05, 0.1) is 13.2 Å². The molecule has 1 aromatic carbocycles. The minimum atomic E-state index is -0.391. The zero-order valence-electron chi connectivity index (χ0n) is 16.6. The lowest BCUT2D eigenvalue weighted by atomic mass is 9.95. The van der Waals surface area contributed by atoms with Crippen LogP contribution in [-0.2, 0) is 4.79 Å². The van der Waals surface area contributed by atoms with Crippen molar-refractivity contribution >= 4 is 11.9 Å². The molecule has 0 radical (unpaired) electrons. The van der Waals surface area contributed by atoms with E-state index in [0.29, 0.717) is 50.3 Å². The van der Waals surface area contributed by atoms with Crippen molar-refractivity contribution < 1.29 is 18.7 Å². The van der Waals surface area contributed by atoms with Gasteiger partial charge in [0.15, 0.2) is 0 Å². The molecule has 1 heterocycles. The van der Waals surface area contributed by atoms with E-state index in [1.54, 1.807) is 17.9 Å². The second-order valence-corrected chi connectivity index (χ2v) is 6.83. The van der Waals surface area contributed by atoms with Gasteiger partial charge in [0.1, 0.15) is 11.6 Å². The van der Waals surface area contributed by atoms with Gasteiger partial charge in [-0.15, -0.1) is 0 Å². The van der Waals surface area contributed by atoms with Crippen LogP contribution in [0.2, 0.25) is 0 Å². The Morgan fingerprint density at radius 2 is 1.93 bits per heavy atom. The van der Waals surface area contributed by atoms with E-state index in [2.05, 4.69) is 5.32 Å². The molecule has 6 nitrogen and oxygen atoms in total. The smallest absolute Gasteiger partial charge is 0.317 e. The van der Waals surface area contributed by atoms with Crippen LogP contribution in [0.4, 0.5) is 9.18 Å². The first kappa shape index (κ1) is 21.0. The lowest BCUT2D eigenvalue weighted by Crippen LogP contribution is -2.48. The number of amides is 3. The fourth-order valence-electron chi connectivity index (χ4n) is 3.52. The van der Waals surface area contributed by atoms with E-state index in [1.807, 2.05) is 18.7 Å². The molecule has 0 aromatic heterocycles. The molecule has 1 aliphatic heterocycles. The summed E-state index contributed by atoms with van der Waals surface area (Å²) in [6.07, 6.45) is 1.33. The number of carbonyl (C=O) groups excluding carboxylic acids is 2. The van der Waals surface area contributed by atoms with E-state index >= 15 is 0 Å². The third-order valence-electron chi connectivity index (χ3n) is 5.20. The molecule has 7 heteroatoms. The molecule has 27 heavy (non-hydrogen) atoms. The third kappa shape index (κ3) is 5.11. The number of methoxy groups -OCH3 is 1. The Hall–Kier alpha value is -2.31. The zero-order chi connectivity index (χ0) is 20.0. The van der Waals surface area contributed by atoms with E-state index in [-0.39, 0.29) is 23.7 Å². The molecule has 3 amide bonds. The van der Waals surface area contributed by atoms with Crippen LogP contribution in [0.3, 0.4) is 0 Å². The summed E-state index contributed by atoms with van der Waals surface area (Å²) in [4.78, 5) is 28.6. The fraction of sp³-hybridized carbons (Fsp3) is 0.600. The number of rotatable bonds is 6. The first-order chi connectivity index (χ1) is 12.9.